The van der Waals surface area contributed by atoms with Gasteiger partial charge in [-0.05, 0) is 12.1 Å². The summed E-state index contributed by atoms with van der Waals surface area (Å²) >= 11 is 0. The molecule has 0 saturated carbocycles. The van der Waals surface area contributed by atoms with Crippen molar-refractivity contribution in [3.63, 3.8) is 0 Å². The molecular formula is C13H18N2O3. The molecule has 5 heteroatoms. The second-order valence-corrected chi connectivity index (χ2v) is 4.32. The fraction of sp³-hybridized carbons (Fsp3) is 0.462. The highest BCUT2D eigenvalue weighted by Crippen LogP contribution is 2.11. The molecule has 1 atom stereocenters. The summed E-state index contributed by atoms with van der Waals surface area (Å²) in [7, 11) is 0. The Morgan fingerprint density at radius 1 is 1.44 bits per heavy atom. The Bertz CT molecular complexity index is 383. The quantitative estimate of drug-likeness (QED) is 0.813. The van der Waals surface area contributed by atoms with Crippen LogP contribution in [0.1, 0.15) is 0 Å². The highest BCUT2D eigenvalue weighted by molar-refractivity contribution is 5.75. The van der Waals surface area contributed by atoms with Gasteiger partial charge >= 0.3 is 0 Å². The van der Waals surface area contributed by atoms with Crippen molar-refractivity contribution in [1.29, 1.82) is 0 Å². The maximum atomic E-state index is 10.9. The number of ether oxygens (including phenoxy) is 2. The second kappa shape index (κ2) is 6.37. The molecule has 0 aromatic heterocycles. The highest BCUT2D eigenvalue weighted by atomic mass is 16.5. The summed E-state index contributed by atoms with van der Waals surface area (Å²) in [5.74, 6) is 0.521. The van der Waals surface area contributed by atoms with Gasteiger partial charge in [-0.25, -0.2) is 0 Å². The lowest BCUT2D eigenvalue weighted by Gasteiger charge is -2.31. The van der Waals surface area contributed by atoms with Crippen molar-refractivity contribution in [3.05, 3.63) is 30.3 Å². The third-order valence-corrected chi connectivity index (χ3v) is 2.78. The van der Waals surface area contributed by atoms with E-state index in [4.69, 9.17) is 15.2 Å². The van der Waals surface area contributed by atoms with Gasteiger partial charge in [0, 0.05) is 13.1 Å². The van der Waals surface area contributed by atoms with E-state index in [0.717, 1.165) is 12.3 Å². The van der Waals surface area contributed by atoms with Gasteiger partial charge in [0.15, 0.2) is 0 Å². The van der Waals surface area contributed by atoms with E-state index in [-0.39, 0.29) is 18.6 Å². The van der Waals surface area contributed by atoms with Gasteiger partial charge in [-0.2, -0.15) is 0 Å². The molecule has 0 bridgehead atoms. The number of morpholine rings is 1. The molecule has 0 radical (unpaired) electrons. The van der Waals surface area contributed by atoms with E-state index >= 15 is 0 Å². The van der Waals surface area contributed by atoms with Crippen molar-refractivity contribution >= 4 is 5.91 Å². The number of carbonyl (C=O) groups excluding carboxylic acids is 1. The minimum Gasteiger partial charge on any atom is -0.491 e. The number of nitrogens with zero attached hydrogens (tertiary/aromatic N) is 1. The molecule has 0 aliphatic carbocycles. The number of carbonyl (C=O) groups is 1. The average molecular weight is 250 g/mol. The van der Waals surface area contributed by atoms with Crippen LogP contribution in [0.15, 0.2) is 30.3 Å². The summed E-state index contributed by atoms with van der Waals surface area (Å²) in [4.78, 5) is 12.9. The molecule has 2 N–H and O–H groups in total. The molecule has 1 heterocycles. The topological polar surface area (TPSA) is 64.8 Å². The SMILES string of the molecule is NC(=O)CN1CCOC(COc2ccccc2)C1. The van der Waals surface area contributed by atoms with Crippen molar-refractivity contribution in [2.75, 3.05) is 32.8 Å². The molecule has 1 saturated heterocycles. The Morgan fingerprint density at radius 2 is 2.22 bits per heavy atom. The number of hydrogen-bond donors (Lipinski definition) is 1. The van der Waals surface area contributed by atoms with Crippen LogP contribution in [0, 0.1) is 0 Å². The first-order valence-electron chi connectivity index (χ1n) is 6.04. The van der Waals surface area contributed by atoms with E-state index in [2.05, 4.69) is 0 Å². The van der Waals surface area contributed by atoms with Crippen LogP contribution >= 0.6 is 0 Å². The monoisotopic (exact) mass is 250 g/mol. The van der Waals surface area contributed by atoms with Crippen molar-refractivity contribution in [3.8, 4) is 5.75 Å². The first kappa shape index (κ1) is 12.9. The van der Waals surface area contributed by atoms with Gasteiger partial charge < -0.3 is 15.2 Å². The lowest BCUT2D eigenvalue weighted by molar-refractivity contribution is -0.121. The molecule has 1 aromatic carbocycles. The van der Waals surface area contributed by atoms with Gasteiger partial charge in [0.1, 0.15) is 18.5 Å². The first-order valence-corrected chi connectivity index (χ1v) is 6.04. The van der Waals surface area contributed by atoms with Gasteiger partial charge in [0.05, 0.1) is 13.2 Å². The smallest absolute Gasteiger partial charge is 0.231 e. The molecule has 1 unspecified atom stereocenters. The van der Waals surface area contributed by atoms with Crippen LogP contribution in [0.3, 0.4) is 0 Å². The molecule has 1 aliphatic rings. The lowest BCUT2D eigenvalue weighted by atomic mass is 10.3. The largest absolute Gasteiger partial charge is 0.491 e. The molecule has 18 heavy (non-hydrogen) atoms. The van der Waals surface area contributed by atoms with Crippen molar-refractivity contribution < 1.29 is 14.3 Å². The minimum atomic E-state index is -0.306. The minimum absolute atomic E-state index is 0.0155. The number of amides is 1. The van der Waals surface area contributed by atoms with Gasteiger partial charge in [-0.1, -0.05) is 18.2 Å². The first-order chi connectivity index (χ1) is 8.74. The lowest BCUT2D eigenvalue weighted by Crippen LogP contribution is -2.47. The van der Waals surface area contributed by atoms with Crippen LogP contribution < -0.4 is 10.5 Å². The predicted molar refractivity (Wildman–Crippen MR) is 67.3 cm³/mol. The molecule has 5 nitrogen and oxygen atoms in total. The predicted octanol–water partition coefficient (Wildman–Crippen LogP) is 0.252. The van der Waals surface area contributed by atoms with Crippen LogP contribution in [-0.4, -0.2) is 49.8 Å². The summed E-state index contributed by atoms with van der Waals surface area (Å²) in [6.07, 6.45) is -0.0155. The number of nitrogens with two attached hydrogens (primary N) is 1. The number of benzene rings is 1. The maximum absolute atomic E-state index is 10.9. The summed E-state index contributed by atoms with van der Waals surface area (Å²) in [5, 5.41) is 0. The van der Waals surface area contributed by atoms with Gasteiger partial charge in [-0.15, -0.1) is 0 Å². The standard InChI is InChI=1S/C13H18N2O3/c14-13(16)9-15-6-7-17-12(8-15)10-18-11-4-2-1-3-5-11/h1-5,12H,6-10H2,(H2,14,16). The van der Waals surface area contributed by atoms with E-state index in [1.165, 1.54) is 0 Å². The fourth-order valence-corrected chi connectivity index (χ4v) is 1.95. The average Bonchev–Trinajstić information content (AvgIpc) is 2.37. The van der Waals surface area contributed by atoms with Gasteiger partial charge in [-0.3, -0.25) is 9.69 Å². The maximum Gasteiger partial charge on any atom is 0.231 e. The normalized spacial score (nSPS) is 20.6. The molecule has 1 amide bonds. The zero-order valence-electron chi connectivity index (χ0n) is 10.2. The van der Waals surface area contributed by atoms with Crippen LogP contribution in [0.25, 0.3) is 0 Å². The highest BCUT2D eigenvalue weighted by Gasteiger charge is 2.21. The number of rotatable bonds is 5. The van der Waals surface area contributed by atoms with Crippen molar-refractivity contribution in [2.45, 2.75) is 6.10 Å². The zero-order chi connectivity index (χ0) is 12.8. The summed E-state index contributed by atoms with van der Waals surface area (Å²) in [6, 6.07) is 9.61. The van der Waals surface area contributed by atoms with Crippen LogP contribution in [0.5, 0.6) is 5.75 Å². The van der Waals surface area contributed by atoms with E-state index in [1.807, 2.05) is 35.2 Å². The van der Waals surface area contributed by atoms with E-state index in [9.17, 15) is 4.79 Å². The van der Waals surface area contributed by atoms with E-state index in [1.54, 1.807) is 0 Å². The van der Waals surface area contributed by atoms with E-state index < -0.39 is 0 Å². The Labute approximate surface area is 106 Å². The third kappa shape index (κ3) is 4.01. The van der Waals surface area contributed by atoms with Gasteiger partial charge in [0.2, 0.25) is 5.91 Å². The second-order valence-electron chi connectivity index (χ2n) is 4.32. The molecular weight excluding hydrogens is 232 g/mol. The van der Waals surface area contributed by atoms with Crippen LogP contribution in [0.2, 0.25) is 0 Å². The molecule has 0 spiro atoms. The fourth-order valence-electron chi connectivity index (χ4n) is 1.95. The summed E-state index contributed by atoms with van der Waals surface area (Å²) in [6.45, 7) is 2.79. The van der Waals surface area contributed by atoms with E-state index in [0.29, 0.717) is 19.8 Å². The molecule has 1 aliphatic heterocycles. The Hall–Kier alpha value is -1.59. The number of primary amides is 1. The van der Waals surface area contributed by atoms with Crippen molar-refractivity contribution in [1.82, 2.24) is 4.90 Å². The zero-order valence-corrected chi connectivity index (χ0v) is 10.2. The Balaban J connectivity index is 1.77. The number of hydrogen-bond acceptors (Lipinski definition) is 4. The van der Waals surface area contributed by atoms with Crippen molar-refractivity contribution in [2.24, 2.45) is 5.73 Å². The third-order valence-electron chi connectivity index (χ3n) is 2.78. The van der Waals surface area contributed by atoms with Crippen LogP contribution in [0.4, 0.5) is 0 Å². The molecule has 2 rings (SSSR count). The Morgan fingerprint density at radius 3 is 2.94 bits per heavy atom. The summed E-state index contributed by atoms with van der Waals surface area (Å²) < 4.78 is 11.2. The summed E-state index contributed by atoms with van der Waals surface area (Å²) in [5.41, 5.74) is 5.18. The molecule has 1 fully saturated rings. The number of para-hydroxylation sites is 1. The molecule has 1 aromatic rings. The Kier molecular flexibility index (Phi) is 4.55. The van der Waals surface area contributed by atoms with Gasteiger partial charge in [0.25, 0.3) is 0 Å². The molecule has 98 valence electrons. The van der Waals surface area contributed by atoms with Crippen LogP contribution in [-0.2, 0) is 9.53 Å².